The van der Waals surface area contributed by atoms with Crippen molar-refractivity contribution >= 4 is 24.4 Å². The van der Waals surface area contributed by atoms with Gasteiger partial charge in [-0.25, -0.2) is 0 Å². The molecule has 0 radical (unpaired) electrons. The van der Waals surface area contributed by atoms with Gasteiger partial charge in [0.15, 0.2) is 0 Å². The maximum Gasteiger partial charge on any atom is 0.00892 e. The summed E-state index contributed by atoms with van der Waals surface area (Å²) in [5, 5.41) is 0.661. The van der Waals surface area contributed by atoms with E-state index in [0.29, 0.717) is 16.1 Å². The van der Waals surface area contributed by atoms with Gasteiger partial charge in [0, 0.05) is 11.0 Å². The molecule has 2 fully saturated rings. The molecule has 0 N–H and O–H groups in total. The van der Waals surface area contributed by atoms with Gasteiger partial charge >= 0.3 is 0 Å². The fraction of sp³-hybridized carbons (Fsp3) is 1.00. The molecule has 2 saturated carbocycles. The summed E-state index contributed by atoms with van der Waals surface area (Å²) in [5.41, 5.74) is 1.09. The molecule has 0 nitrogen and oxygen atoms in total. The lowest BCUT2D eigenvalue weighted by atomic mass is 9.70. The van der Waals surface area contributed by atoms with Crippen molar-refractivity contribution < 1.29 is 0 Å². The molecule has 0 heterocycles. The average Bonchev–Trinajstić information content (AvgIpc) is 2.38. The van der Waals surface area contributed by atoms with Gasteiger partial charge in [-0.05, 0) is 42.3 Å². The van der Waals surface area contributed by atoms with Crippen LogP contribution in [0.1, 0.15) is 33.1 Å². The molecule has 0 unspecified atom stereocenters. The highest BCUT2D eigenvalue weighted by molar-refractivity contribution is 7.98. The summed E-state index contributed by atoms with van der Waals surface area (Å²) in [6.45, 7) is 4.94. The van der Waals surface area contributed by atoms with E-state index in [2.05, 4.69) is 20.1 Å². The molecule has 0 aromatic rings. The maximum atomic E-state index is 4.82. The maximum absolute atomic E-state index is 4.82. The Morgan fingerprint density at radius 1 is 1.46 bits per heavy atom. The third kappa shape index (κ3) is 1.14. The van der Waals surface area contributed by atoms with E-state index in [1.165, 1.54) is 25.0 Å². The Morgan fingerprint density at radius 3 is 2.54 bits per heavy atom. The molecular weight excluding hydrogens is 196 g/mol. The molecule has 3 atom stereocenters. The SMILES string of the molecule is CSC[C@]12CC[C@H](C[C@H]1S)C2(C)C. The summed E-state index contributed by atoms with van der Waals surface area (Å²) in [6.07, 6.45) is 6.46. The Hall–Kier alpha value is 0.700. The number of fused-ring (bicyclic) bond motifs is 2. The Labute approximate surface area is 91.7 Å². The monoisotopic (exact) mass is 216 g/mol. The predicted octanol–water partition coefficient (Wildman–Crippen LogP) is 3.47. The Balaban J connectivity index is 2.31. The van der Waals surface area contributed by atoms with E-state index < -0.39 is 0 Å². The van der Waals surface area contributed by atoms with Crippen molar-refractivity contribution in [1.29, 1.82) is 0 Å². The van der Waals surface area contributed by atoms with Gasteiger partial charge in [0.2, 0.25) is 0 Å². The molecule has 0 amide bonds. The van der Waals surface area contributed by atoms with Gasteiger partial charge in [-0.15, -0.1) is 0 Å². The lowest BCUT2D eigenvalue weighted by molar-refractivity contribution is 0.162. The predicted molar refractivity (Wildman–Crippen MR) is 64.7 cm³/mol. The minimum atomic E-state index is 0.542. The van der Waals surface area contributed by atoms with Crippen molar-refractivity contribution in [3.05, 3.63) is 0 Å². The van der Waals surface area contributed by atoms with Crippen LogP contribution in [0.2, 0.25) is 0 Å². The summed E-state index contributed by atoms with van der Waals surface area (Å²) in [4.78, 5) is 0. The third-order valence-corrected chi connectivity index (χ3v) is 6.30. The van der Waals surface area contributed by atoms with Crippen molar-refractivity contribution in [3.63, 3.8) is 0 Å². The van der Waals surface area contributed by atoms with Crippen LogP contribution in [-0.4, -0.2) is 17.3 Å². The molecule has 0 spiro atoms. The van der Waals surface area contributed by atoms with Crippen LogP contribution in [0, 0.1) is 16.7 Å². The summed E-state index contributed by atoms with van der Waals surface area (Å²) in [5.74, 6) is 2.26. The largest absolute Gasteiger partial charge is 0.175 e. The number of thiol groups is 1. The molecule has 0 saturated heterocycles. The smallest absolute Gasteiger partial charge is 0.00892 e. The normalized spacial score (nSPS) is 47.1. The van der Waals surface area contributed by atoms with Crippen LogP contribution in [0.3, 0.4) is 0 Å². The van der Waals surface area contributed by atoms with Gasteiger partial charge in [-0.1, -0.05) is 13.8 Å². The first kappa shape index (κ1) is 10.2. The third-order valence-electron chi connectivity index (χ3n) is 4.79. The van der Waals surface area contributed by atoms with Crippen molar-refractivity contribution in [1.82, 2.24) is 0 Å². The fourth-order valence-electron chi connectivity index (χ4n) is 3.64. The molecule has 0 aliphatic heterocycles. The summed E-state index contributed by atoms with van der Waals surface area (Å²) < 4.78 is 0. The highest BCUT2D eigenvalue weighted by Crippen LogP contribution is 2.67. The van der Waals surface area contributed by atoms with E-state index in [0.717, 1.165) is 5.92 Å². The van der Waals surface area contributed by atoms with E-state index >= 15 is 0 Å². The zero-order chi connectivity index (χ0) is 9.69. The van der Waals surface area contributed by atoms with Crippen LogP contribution >= 0.6 is 24.4 Å². The first-order chi connectivity index (χ1) is 6.04. The van der Waals surface area contributed by atoms with Crippen molar-refractivity contribution in [2.24, 2.45) is 16.7 Å². The topological polar surface area (TPSA) is 0 Å². The van der Waals surface area contributed by atoms with Crippen LogP contribution < -0.4 is 0 Å². The first-order valence-corrected chi connectivity index (χ1v) is 7.12. The van der Waals surface area contributed by atoms with E-state index in [9.17, 15) is 0 Å². The average molecular weight is 216 g/mol. The number of thioether (sulfide) groups is 1. The minimum absolute atomic E-state index is 0.542. The number of hydrogen-bond donors (Lipinski definition) is 1. The molecule has 13 heavy (non-hydrogen) atoms. The Morgan fingerprint density at radius 2 is 2.15 bits per heavy atom. The van der Waals surface area contributed by atoms with Crippen LogP contribution in [-0.2, 0) is 0 Å². The van der Waals surface area contributed by atoms with Gasteiger partial charge in [0.05, 0.1) is 0 Å². The van der Waals surface area contributed by atoms with E-state index in [-0.39, 0.29) is 0 Å². The molecule has 76 valence electrons. The van der Waals surface area contributed by atoms with Crippen molar-refractivity contribution in [2.75, 3.05) is 12.0 Å². The summed E-state index contributed by atoms with van der Waals surface area (Å²) in [7, 11) is 0. The standard InChI is InChI=1S/C11H20S2/c1-10(2)8-4-5-11(10,7-13-3)9(12)6-8/h8-9,12H,4-7H2,1-3H3/t8-,9-,11-/m1/s1. The fourth-order valence-corrected chi connectivity index (χ4v) is 5.80. The molecule has 0 aromatic heterocycles. The highest BCUT2D eigenvalue weighted by Gasteiger charge is 2.62. The van der Waals surface area contributed by atoms with Crippen LogP contribution in [0.4, 0.5) is 0 Å². The molecule has 2 bridgehead atoms. The Kier molecular flexibility index (Phi) is 2.43. The van der Waals surface area contributed by atoms with E-state index in [1.807, 2.05) is 11.8 Å². The minimum Gasteiger partial charge on any atom is -0.175 e. The zero-order valence-electron chi connectivity index (χ0n) is 8.84. The molecule has 2 rings (SSSR count). The second-order valence-electron chi connectivity index (χ2n) is 5.30. The van der Waals surface area contributed by atoms with Gasteiger partial charge in [-0.2, -0.15) is 24.4 Å². The van der Waals surface area contributed by atoms with Crippen molar-refractivity contribution in [3.8, 4) is 0 Å². The molecule has 2 aliphatic carbocycles. The second kappa shape index (κ2) is 3.10. The lowest BCUT2D eigenvalue weighted by Gasteiger charge is -2.40. The van der Waals surface area contributed by atoms with Crippen LogP contribution in [0.15, 0.2) is 0 Å². The van der Waals surface area contributed by atoms with Gasteiger partial charge in [-0.3, -0.25) is 0 Å². The summed E-state index contributed by atoms with van der Waals surface area (Å²) in [6, 6.07) is 0. The van der Waals surface area contributed by atoms with Gasteiger partial charge in [0.1, 0.15) is 0 Å². The second-order valence-corrected chi connectivity index (χ2v) is 6.79. The van der Waals surface area contributed by atoms with E-state index in [1.54, 1.807) is 0 Å². The summed E-state index contributed by atoms with van der Waals surface area (Å²) >= 11 is 6.82. The number of hydrogen-bond acceptors (Lipinski definition) is 2. The molecule has 2 heteroatoms. The number of rotatable bonds is 2. The molecular formula is C11H20S2. The molecule has 2 aliphatic rings. The van der Waals surface area contributed by atoms with Gasteiger partial charge < -0.3 is 0 Å². The quantitative estimate of drug-likeness (QED) is 0.690. The lowest BCUT2D eigenvalue weighted by Crippen LogP contribution is -2.38. The zero-order valence-corrected chi connectivity index (χ0v) is 10.5. The van der Waals surface area contributed by atoms with E-state index in [4.69, 9.17) is 12.6 Å². The van der Waals surface area contributed by atoms with Gasteiger partial charge in [0.25, 0.3) is 0 Å². The first-order valence-electron chi connectivity index (χ1n) is 5.21. The highest BCUT2D eigenvalue weighted by atomic mass is 32.2. The van der Waals surface area contributed by atoms with Crippen LogP contribution in [0.25, 0.3) is 0 Å². The molecule has 0 aromatic carbocycles. The van der Waals surface area contributed by atoms with Crippen LogP contribution in [0.5, 0.6) is 0 Å². The van der Waals surface area contributed by atoms with Crippen molar-refractivity contribution in [2.45, 2.75) is 38.4 Å². The Bertz CT molecular complexity index is 212.